The Morgan fingerprint density at radius 3 is 2.11 bits per heavy atom. The third kappa shape index (κ3) is 8.66. The molecule has 0 saturated carbocycles. The van der Waals surface area contributed by atoms with Crippen LogP contribution in [0.1, 0.15) is 31.9 Å². The fourth-order valence-electron chi connectivity index (χ4n) is 5.08. The maximum atomic E-state index is 14.6. The Balaban J connectivity index is 1.84. The summed E-state index contributed by atoms with van der Waals surface area (Å²) in [7, 11) is -2.69. The summed E-state index contributed by atoms with van der Waals surface area (Å²) >= 11 is 0. The van der Waals surface area contributed by atoms with Crippen molar-refractivity contribution in [3.05, 3.63) is 120 Å². The molecule has 1 N–H and O–H groups in total. The monoisotopic (exact) mass is 643 g/mol. The maximum absolute atomic E-state index is 14.6. The first-order valence-corrected chi connectivity index (χ1v) is 16.6. The molecule has 0 fully saturated rings. The van der Waals surface area contributed by atoms with Crippen LogP contribution in [0.25, 0.3) is 0 Å². The Bertz CT molecular complexity index is 1700. The highest BCUT2D eigenvalue weighted by molar-refractivity contribution is 7.92. The predicted octanol–water partition coefficient (Wildman–Crippen LogP) is 5.45. The van der Waals surface area contributed by atoms with Crippen molar-refractivity contribution >= 4 is 27.5 Å². The van der Waals surface area contributed by atoms with Gasteiger partial charge in [-0.1, -0.05) is 72.8 Å². The van der Waals surface area contributed by atoms with Gasteiger partial charge in [-0.15, -0.1) is 0 Å². The Morgan fingerprint density at radius 2 is 1.46 bits per heavy atom. The second-order valence-electron chi connectivity index (χ2n) is 11.0. The summed E-state index contributed by atoms with van der Waals surface area (Å²) in [5, 5.41) is 2.96. The lowest BCUT2D eigenvalue weighted by molar-refractivity contribution is -0.140. The van der Waals surface area contributed by atoms with Crippen LogP contribution in [-0.2, 0) is 32.6 Å². The van der Waals surface area contributed by atoms with Gasteiger partial charge in [0.2, 0.25) is 11.8 Å². The van der Waals surface area contributed by atoms with Gasteiger partial charge in [-0.2, -0.15) is 0 Å². The van der Waals surface area contributed by atoms with E-state index in [2.05, 4.69) is 5.32 Å². The number of benzene rings is 4. The molecule has 0 aliphatic heterocycles. The molecule has 1 atom stereocenters. The van der Waals surface area contributed by atoms with E-state index in [1.165, 1.54) is 17.0 Å². The van der Waals surface area contributed by atoms with E-state index in [1.54, 1.807) is 68.6 Å². The molecular formula is C36H41N3O6S. The van der Waals surface area contributed by atoms with Crippen molar-refractivity contribution in [2.45, 2.75) is 50.7 Å². The van der Waals surface area contributed by atoms with Crippen molar-refractivity contribution in [1.29, 1.82) is 0 Å². The number of sulfonamides is 1. The number of ether oxygens (including phenoxy) is 2. The number of methoxy groups -OCH3 is 1. The molecule has 9 nitrogen and oxygen atoms in total. The van der Waals surface area contributed by atoms with E-state index < -0.39 is 28.5 Å². The smallest absolute Gasteiger partial charge is 0.264 e. The molecule has 4 aromatic rings. The van der Waals surface area contributed by atoms with E-state index in [0.717, 1.165) is 15.4 Å². The van der Waals surface area contributed by atoms with Gasteiger partial charge in [0.15, 0.2) is 0 Å². The van der Waals surface area contributed by atoms with E-state index in [4.69, 9.17) is 9.47 Å². The quantitative estimate of drug-likeness (QED) is 0.185. The molecule has 4 rings (SSSR count). The summed E-state index contributed by atoms with van der Waals surface area (Å²) in [6, 6.07) is 30.2. The number of nitrogens with one attached hydrogen (secondary N) is 1. The Hall–Kier alpha value is -4.83. The Morgan fingerprint density at radius 1 is 0.826 bits per heavy atom. The van der Waals surface area contributed by atoms with Gasteiger partial charge in [0.1, 0.15) is 24.1 Å². The van der Waals surface area contributed by atoms with Crippen molar-refractivity contribution in [2.75, 3.05) is 24.6 Å². The van der Waals surface area contributed by atoms with Crippen LogP contribution in [-0.4, -0.2) is 57.5 Å². The number of carbonyl (C=O) groups is 2. The van der Waals surface area contributed by atoms with Crippen LogP contribution in [0.2, 0.25) is 0 Å². The number of hydrogen-bond donors (Lipinski definition) is 1. The Labute approximate surface area is 271 Å². The van der Waals surface area contributed by atoms with Crippen LogP contribution in [0, 0.1) is 0 Å². The summed E-state index contributed by atoms with van der Waals surface area (Å²) < 4.78 is 40.8. The van der Waals surface area contributed by atoms with Crippen LogP contribution in [0.15, 0.2) is 114 Å². The number of amides is 2. The van der Waals surface area contributed by atoms with Gasteiger partial charge in [-0.25, -0.2) is 8.42 Å². The van der Waals surface area contributed by atoms with E-state index in [1.807, 2.05) is 56.3 Å². The fourth-order valence-corrected chi connectivity index (χ4v) is 6.52. The van der Waals surface area contributed by atoms with Crippen LogP contribution in [0.5, 0.6) is 11.5 Å². The van der Waals surface area contributed by atoms with Crippen molar-refractivity contribution in [2.24, 2.45) is 0 Å². The average molecular weight is 644 g/mol. The molecule has 0 radical (unpaired) electrons. The summed E-state index contributed by atoms with van der Waals surface area (Å²) in [6.45, 7) is 5.25. The van der Waals surface area contributed by atoms with Gasteiger partial charge in [-0.3, -0.25) is 13.9 Å². The summed E-state index contributed by atoms with van der Waals surface area (Å²) in [5.74, 6) is 0.000786. The number of anilines is 1. The standard InChI is InChI=1S/C36H41N3O6S/c1-5-45-34-22-13-12-21-32(34)39(46(42,43)31-19-10-7-11-20-31)26-35(40)38(25-29-17-14-18-30(23-29)44-4)33(36(41)37-27(2)3)24-28-15-8-6-9-16-28/h6-23,27,33H,5,24-26H2,1-4H3,(H,37,41)/t33-/m0/s1. The topological polar surface area (TPSA) is 105 Å². The van der Waals surface area contributed by atoms with Crippen molar-refractivity contribution < 1.29 is 27.5 Å². The van der Waals surface area contributed by atoms with Gasteiger partial charge in [0.05, 0.1) is 24.3 Å². The number of hydrogen-bond acceptors (Lipinski definition) is 6. The number of para-hydroxylation sites is 2. The molecule has 0 aliphatic carbocycles. The third-order valence-corrected chi connectivity index (χ3v) is 9.01. The third-order valence-electron chi connectivity index (χ3n) is 7.23. The molecule has 0 unspecified atom stereocenters. The lowest BCUT2D eigenvalue weighted by Crippen LogP contribution is -2.54. The minimum absolute atomic E-state index is 0.0202. The van der Waals surface area contributed by atoms with Gasteiger partial charge < -0.3 is 19.7 Å². The maximum Gasteiger partial charge on any atom is 0.264 e. The average Bonchev–Trinajstić information content (AvgIpc) is 3.06. The highest BCUT2D eigenvalue weighted by Crippen LogP contribution is 2.33. The zero-order chi connectivity index (χ0) is 33.1. The van der Waals surface area contributed by atoms with Gasteiger partial charge >= 0.3 is 0 Å². The molecule has 4 aromatic carbocycles. The minimum atomic E-state index is -4.25. The normalized spacial score (nSPS) is 11.8. The first-order chi connectivity index (χ1) is 22.1. The molecule has 0 saturated heterocycles. The molecule has 0 bridgehead atoms. The van der Waals surface area contributed by atoms with Crippen LogP contribution < -0.4 is 19.1 Å². The van der Waals surface area contributed by atoms with Crippen molar-refractivity contribution in [3.8, 4) is 11.5 Å². The molecule has 242 valence electrons. The molecule has 0 heterocycles. The number of rotatable bonds is 15. The largest absolute Gasteiger partial charge is 0.497 e. The van der Waals surface area contributed by atoms with Crippen molar-refractivity contribution in [3.63, 3.8) is 0 Å². The molecule has 0 aromatic heterocycles. The second kappa shape index (κ2) is 15.9. The fraction of sp³-hybridized carbons (Fsp3) is 0.278. The molecule has 46 heavy (non-hydrogen) atoms. The van der Waals surface area contributed by atoms with E-state index >= 15 is 0 Å². The molecule has 0 aliphatic rings. The first-order valence-electron chi connectivity index (χ1n) is 15.2. The lowest BCUT2D eigenvalue weighted by atomic mass is 10.0. The molecule has 2 amide bonds. The summed E-state index contributed by atoms with van der Waals surface area (Å²) in [5.41, 5.74) is 1.79. The van der Waals surface area contributed by atoms with Gasteiger partial charge in [-0.05, 0) is 68.3 Å². The second-order valence-corrected chi connectivity index (χ2v) is 12.8. The number of nitrogens with zero attached hydrogens (tertiary/aromatic N) is 2. The van der Waals surface area contributed by atoms with E-state index in [0.29, 0.717) is 18.1 Å². The van der Waals surface area contributed by atoms with Gasteiger partial charge in [0, 0.05) is 19.0 Å². The molecule has 0 spiro atoms. The summed E-state index contributed by atoms with van der Waals surface area (Å²) in [6.07, 6.45) is 0.218. The Kier molecular flexibility index (Phi) is 11.8. The highest BCUT2D eigenvalue weighted by atomic mass is 32.2. The van der Waals surface area contributed by atoms with E-state index in [-0.39, 0.29) is 35.5 Å². The SMILES string of the molecule is CCOc1ccccc1N(CC(=O)N(Cc1cccc(OC)c1)[C@@H](Cc1ccccc1)C(=O)NC(C)C)S(=O)(=O)c1ccccc1. The lowest BCUT2D eigenvalue weighted by Gasteiger charge is -2.34. The first kappa shape index (κ1) is 34.1. The zero-order valence-corrected chi connectivity index (χ0v) is 27.4. The van der Waals surface area contributed by atoms with Crippen molar-refractivity contribution in [1.82, 2.24) is 10.2 Å². The van der Waals surface area contributed by atoms with Gasteiger partial charge in [0.25, 0.3) is 10.0 Å². The van der Waals surface area contributed by atoms with Crippen LogP contribution in [0.3, 0.4) is 0 Å². The zero-order valence-electron chi connectivity index (χ0n) is 26.6. The summed E-state index contributed by atoms with van der Waals surface area (Å²) in [4.78, 5) is 29.9. The molecule has 10 heteroatoms. The molecular weight excluding hydrogens is 602 g/mol. The van der Waals surface area contributed by atoms with Crippen LogP contribution >= 0.6 is 0 Å². The number of carbonyl (C=O) groups excluding carboxylic acids is 2. The highest BCUT2D eigenvalue weighted by Gasteiger charge is 2.35. The van der Waals surface area contributed by atoms with E-state index in [9.17, 15) is 18.0 Å². The minimum Gasteiger partial charge on any atom is -0.497 e. The predicted molar refractivity (Wildman–Crippen MR) is 179 cm³/mol. The van der Waals surface area contributed by atoms with Crippen LogP contribution in [0.4, 0.5) is 5.69 Å².